The fourth-order valence-electron chi connectivity index (χ4n) is 0.977. The summed E-state index contributed by atoms with van der Waals surface area (Å²) in [5.41, 5.74) is 5.45. The second-order valence-electron chi connectivity index (χ2n) is 2.82. The summed E-state index contributed by atoms with van der Waals surface area (Å²) in [5, 5.41) is 3.09. The first kappa shape index (κ1) is 10.6. The highest BCUT2D eigenvalue weighted by Gasteiger charge is 2.02. The third-order valence-corrected chi connectivity index (χ3v) is 1.77. The fourth-order valence-corrected chi connectivity index (χ4v) is 0.977. The molecule has 1 atom stereocenters. The summed E-state index contributed by atoms with van der Waals surface area (Å²) in [5.74, 6) is 0.261. The van der Waals surface area contributed by atoms with Crippen molar-refractivity contribution in [1.29, 1.82) is 0 Å². The minimum Gasteiger partial charge on any atom is -0.329 e. The molecule has 3 N–H and O–H groups in total. The molecule has 0 aliphatic carbocycles. The van der Waals surface area contributed by atoms with E-state index in [4.69, 9.17) is 5.73 Å². The average molecular weight is 158 g/mol. The maximum absolute atomic E-state index is 10.6. The van der Waals surface area contributed by atoms with Crippen LogP contribution in [0.2, 0.25) is 0 Å². The predicted molar refractivity (Wildman–Crippen MR) is 46.4 cm³/mol. The fraction of sp³-hybridized carbons (Fsp3) is 0.875. The molecule has 3 nitrogen and oxygen atoms in total. The Labute approximate surface area is 68.3 Å². The van der Waals surface area contributed by atoms with Crippen LogP contribution in [0.15, 0.2) is 0 Å². The van der Waals surface area contributed by atoms with Crippen molar-refractivity contribution in [1.82, 2.24) is 5.32 Å². The normalized spacial score (nSPS) is 13.0. The Hall–Kier alpha value is -0.410. The molecule has 0 saturated carbocycles. The van der Waals surface area contributed by atoms with E-state index >= 15 is 0 Å². The molecule has 11 heavy (non-hydrogen) atoms. The summed E-state index contributed by atoms with van der Waals surface area (Å²) in [4.78, 5) is 10.6. The monoisotopic (exact) mass is 158 g/mol. The third-order valence-electron chi connectivity index (χ3n) is 1.77. The van der Waals surface area contributed by atoms with E-state index in [1.165, 1.54) is 0 Å². The van der Waals surface area contributed by atoms with Gasteiger partial charge >= 0.3 is 0 Å². The zero-order valence-electron chi connectivity index (χ0n) is 7.39. The summed E-state index contributed by atoms with van der Waals surface area (Å²) in [7, 11) is 1.89. The summed E-state index contributed by atoms with van der Waals surface area (Å²) < 4.78 is 0. The first-order chi connectivity index (χ1) is 5.20. The van der Waals surface area contributed by atoms with Gasteiger partial charge in [0.05, 0.1) is 0 Å². The number of ketones is 1. The lowest BCUT2D eigenvalue weighted by Crippen LogP contribution is -2.33. The SMILES string of the molecule is CN[C@@H](CN)CCCC(C)=O. The molecule has 0 amide bonds. The van der Waals surface area contributed by atoms with Gasteiger partial charge in [0.15, 0.2) is 0 Å². The second-order valence-corrected chi connectivity index (χ2v) is 2.82. The van der Waals surface area contributed by atoms with Crippen LogP contribution in [0.4, 0.5) is 0 Å². The lowest BCUT2D eigenvalue weighted by atomic mass is 10.1. The Morgan fingerprint density at radius 3 is 2.64 bits per heavy atom. The molecule has 0 aromatic rings. The Balaban J connectivity index is 3.28. The van der Waals surface area contributed by atoms with E-state index in [1.807, 2.05) is 7.05 Å². The highest BCUT2D eigenvalue weighted by molar-refractivity contribution is 5.75. The molecule has 0 spiro atoms. The molecule has 0 aliphatic rings. The van der Waals surface area contributed by atoms with Gasteiger partial charge in [0.2, 0.25) is 0 Å². The summed E-state index contributed by atoms with van der Waals surface area (Å²) in [6, 6.07) is 0.370. The zero-order chi connectivity index (χ0) is 8.69. The summed E-state index contributed by atoms with van der Waals surface area (Å²) >= 11 is 0. The molecular weight excluding hydrogens is 140 g/mol. The van der Waals surface area contributed by atoms with Gasteiger partial charge in [-0.25, -0.2) is 0 Å². The molecule has 0 saturated heterocycles. The van der Waals surface area contributed by atoms with E-state index in [2.05, 4.69) is 5.32 Å². The van der Waals surface area contributed by atoms with Gasteiger partial charge in [0.1, 0.15) is 5.78 Å². The number of hydrogen-bond donors (Lipinski definition) is 2. The number of rotatable bonds is 6. The number of nitrogens with one attached hydrogen (secondary N) is 1. The van der Waals surface area contributed by atoms with Crippen molar-refractivity contribution in [3.05, 3.63) is 0 Å². The topological polar surface area (TPSA) is 55.1 Å². The van der Waals surface area contributed by atoms with Crippen molar-refractivity contribution in [2.45, 2.75) is 32.2 Å². The molecular formula is C8H18N2O. The van der Waals surface area contributed by atoms with Crippen LogP contribution >= 0.6 is 0 Å². The first-order valence-corrected chi connectivity index (χ1v) is 4.07. The Bertz CT molecular complexity index is 111. The molecule has 0 aromatic carbocycles. The lowest BCUT2D eigenvalue weighted by Gasteiger charge is -2.11. The quantitative estimate of drug-likeness (QED) is 0.584. The molecule has 0 fully saturated rings. The van der Waals surface area contributed by atoms with E-state index in [-0.39, 0.29) is 5.78 Å². The molecule has 3 heteroatoms. The number of nitrogens with two attached hydrogens (primary N) is 1. The van der Waals surface area contributed by atoms with E-state index in [9.17, 15) is 4.79 Å². The van der Waals surface area contributed by atoms with Crippen molar-refractivity contribution in [2.24, 2.45) is 5.73 Å². The van der Waals surface area contributed by atoms with Crippen molar-refractivity contribution < 1.29 is 4.79 Å². The smallest absolute Gasteiger partial charge is 0.129 e. The Kier molecular flexibility index (Phi) is 6.07. The van der Waals surface area contributed by atoms with Crippen molar-refractivity contribution in [2.75, 3.05) is 13.6 Å². The maximum atomic E-state index is 10.6. The zero-order valence-corrected chi connectivity index (χ0v) is 7.39. The highest BCUT2D eigenvalue weighted by Crippen LogP contribution is 1.99. The Morgan fingerprint density at radius 2 is 2.27 bits per heavy atom. The number of carbonyl (C=O) groups excluding carboxylic acids is 1. The minimum atomic E-state index is 0.261. The predicted octanol–water partition coefficient (Wildman–Crippen LogP) is 0.292. The number of Topliss-reactive ketones (excluding diaryl/α,β-unsaturated/α-hetero) is 1. The largest absolute Gasteiger partial charge is 0.329 e. The molecule has 0 bridgehead atoms. The standard InChI is InChI=1S/C8H18N2O/c1-7(11)4-3-5-8(6-9)10-2/h8,10H,3-6,9H2,1-2H3/t8-/m1/s1. The Morgan fingerprint density at radius 1 is 1.64 bits per heavy atom. The van der Waals surface area contributed by atoms with Crippen LogP contribution in [0.25, 0.3) is 0 Å². The number of carbonyl (C=O) groups is 1. The molecule has 0 radical (unpaired) electrons. The molecule has 0 heterocycles. The van der Waals surface area contributed by atoms with Crippen LogP contribution in [-0.2, 0) is 4.79 Å². The summed E-state index contributed by atoms with van der Waals surface area (Å²) in [6.07, 6.45) is 2.61. The molecule has 0 aliphatic heterocycles. The van der Waals surface area contributed by atoms with Crippen LogP contribution in [-0.4, -0.2) is 25.4 Å². The van der Waals surface area contributed by atoms with Crippen molar-refractivity contribution in [3.63, 3.8) is 0 Å². The van der Waals surface area contributed by atoms with Crippen molar-refractivity contribution >= 4 is 5.78 Å². The van der Waals surface area contributed by atoms with Gasteiger partial charge in [-0.1, -0.05) is 0 Å². The molecule has 0 unspecified atom stereocenters. The number of likely N-dealkylation sites (N-methyl/N-ethyl adjacent to an activating group) is 1. The van der Waals surface area contributed by atoms with Crippen molar-refractivity contribution in [3.8, 4) is 0 Å². The summed E-state index contributed by atoms with van der Waals surface area (Å²) in [6.45, 7) is 2.27. The van der Waals surface area contributed by atoms with Crippen LogP contribution in [0, 0.1) is 0 Å². The van der Waals surface area contributed by atoms with E-state index in [0.29, 0.717) is 19.0 Å². The van der Waals surface area contributed by atoms with Crippen LogP contribution in [0.1, 0.15) is 26.2 Å². The van der Waals surface area contributed by atoms with Gasteiger partial charge in [0.25, 0.3) is 0 Å². The highest BCUT2D eigenvalue weighted by atomic mass is 16.1. The van der Waals surface area contributed by atoms with Gasteiger partial charge in [-0.3, -0.25) is 0 Å². The van der Waals surface area contributed by atoms with E-state index in [0.717, 1.165) is 12.8 Å². The van der Waals surface area contributed by atoms with Gasteiger partial charge in [-0.05, 0) is 26.8 Å². The van der Waals surface area contributed by atoms with E-state index < -0.39 is 0 Å². The van der Waals surface area contributed by atoms with Gasteiger partial charge in [-0.15, -0.1) is 0 Å². The third kappa shape index (κ3) is 6.01. The minimum absolute atomic E-state index is 0.261. The van der Waals surface area contributed by atoms with Gasteiger partial charge in [0, 0.05) is 19.0 Å². The number of hydrogen-bond acceptors (Lipinski definition) is 3. The maximum Gasteiger partial charge on any atom is 0.129 e. The van der Waals surface area contributed by atoms with Crippen LogP contribution in [0.5, 0.6) is 0 Å². The average Bonchev–Trinajstić information content (AvgIpc) is 1.98. The van der Waals surface area contributed by atoms with Gasteiger partial charge in [-0.2, -0.15) is 0 Å². The lowest BCUT2D eigenvalue weighted by molar-refractivity contribution is -0.117. The molecule has 0 rings (SSSR count). The van der Waals surface area contributed by atoms with Crippen LogP contribution < -0.4 is 11.1 Å². The van der Waals surface area contributed by atoms with Crippen LogP contribution in [0.3, 0.4) is 0 Å². The molecule has 66 valence electrons. The van der Waals surface area contributed by atoms with Gasteiger partial charge < -0.3 is 15.8 Å². The second kappa shape index (κ2) is 6.31. The van der Waals surface area contributed by atoms with E-state index in [1.54, 1.807) is 6.92 Å². The molecule has 0 aromatic heterocycles. The first-order valence-electron chi connectivity index (χ1n) is 4.07.